The zero-order valence-electron chi connectivity index (χ0n) is 9.52. The molecule has 2 atom stereocenters. The maximum absolute atomic E-state index is 9.68. The van der Waals surface area contributed by atoms with Gasteiger partial charge in [-0.15, -0.1) is 0 Å². The van der Waals surface area contributed by atoms with E-state index in [0.29, 0.717) is 12.4 Å². The molecular weight excluding hydrogens is 204 g/mol. The molecule has 1 fully saturated rings. The van der Waals surface area contributed by atoms with Crippen molar-refractivity contribution in [3.8, 4) is 5.88 Å². The van der Waals surface area contributed by atoms with Crippen LogP contribution in [0.2, 0.25) is 0 Å². The van der Waals surface area contributed by atoms with E-state index in [0.717, 1.165) is 24.8 Å². The van der Waals surface area contributed by atoms with Gasteiger partial charge in [-0.3, -0.25) is 0 Å². The van der Waals surface area contributed by atoms with Crippen LogP contribution in [0.15, 0.2) is 18.3 Å². The van der Waals surface area contributed by atoms with Gasteiger partial charge in [-0.25, -0.2) is 4.98 Å². The fraction of sp³-hybridized carbons (Fsp3) is 0.583. The first-order chi connectivity index (χ1) is 7.81. The van der Waals surface area contributed by atoms with Gasteiger partial charge in [-0.05, 0) is 25.3 Å². The van der Waals surface area contributed by atoms with Crippen LogP contribution in [-0.4, -0.2) is 29.3 Å². The number of aromatic nitrogens is 1. The van der Waals surface area contributed by atoms with Crippen LogP contribution >= 0.6 is 0 Å². The number of aliphatic hydroxyl groups is 1. The Hall–Kier alpha value is -1.13. The molecule has 1 saturated carbocycles. The summed E-state index contributed by atoms with van der Waals surface area (Å²) >= 11 is 0. The Bertz CT molecular complexity index is 344. The quantitative estimate of drug-likeness (QED) is 0.801. The fourth-order valence-corrected chi connectivity index (χ4v) is 2.16. The van der Waals surface area contributed by atoms with Crippen molar-refractivity contribution in [1.29, 1.82) is 0 Å². The van der Waals surface area contributed by atoms with E-state index in [1.165, 1.54) is 0 Å². The molecule has 2 N–H and O–H groups in total. The lowest BCUT2D eigenvalue weighted by Crippen LogP contribution is -2.35. The number of ether oxygens (including phenoxy) is 1. The highest BCUT2D eigenvalue weighted by atomic mass is 16.5. The van der Waals surface area contributed by atoms with Gasteiger partial charge in [-0.1, -0.05) is 6.07 Å². The van der Waals surface area contributed by atoms with Crippen molar-refractivity contribution in [2.24, 2.45) is 0 Å². The smallest absolute Gasteiger partial charge is 0.217 e. The highest BCUT2D eigenvalue weighted by Crippen LogP contribution is 2.20. The van der Waals surface area contributed by atoms with Crippen molar-refractivity contribution in [1.82, 2.24) is 10.3 Å². The molecular formula is C12H18N2O2. The average molecular weight is 222 g/mol. The number of pyridine rings is 1. The SMILES string of the molecule is COc1ncccc1CNC1CCCC1O. The zero-order valence-corrected chi connectivity index (χ0v) is 9.52. The minimum Gasteiger partial charge on any atom is -0.481 e. The van der Waals surface area contributed by atoms with E-state index in [1.54, 1.807) is 13.3 Å². The third-order valence-electron chi connectivity index (χ3n) is 3.08. The summed E-state index contributed by atoms with van der Waals surface area (Å²) in [6, 6.07) is 4.09. The van der Waals surface area contributed by atoms with Gasteiger partial charge < -0.3 is 15.2 Å². The molecule has 0 aromatic carbocycles. The maximum atomic E-state index is 9.68. The van der Waals surface area contributed by atoms with Crippen molar-refractivity contribution < 1.29 is 9.84 Å². The molecule has 0 saturated heterocycles. The number of rotatable bonds is 4. The summed E-state index contributed by atoms with van der Waals surface area (Å²) in [5.74, 6) is 0.655. The topological polar surface area (TPSA) is 54.4 Å². The number of hydrogen-bond acceptors (Lipinski definition) is 4. The molecule has 4 heteroatoms. The third kappa shape index (κ3) is 2.51. The minimum absolute atomic E-state index is 0.206. The molecule has 88 valence electrons. The molecule has 0 amide bonds. The monoisotopic (exact) mass is 222 g/mol. The van der Waals surface area contributed by atoms with E-state index in [4.69, 9.17) is 4.74 Å². The number of hydrogen-bond donors (Lipinski definition) is 2. The van der Waals surface area contributed by atoms with Crippen molar-refractivity contribution in [2.75, 3.05) is 7.11 Å². The molecule has 16 heavy (non-hydrogen) atoms. The Labute approximate surface area is 95.7 Å². The standard InChI is InChI=1S/C12H18N2O2/c1-16-12-9(4-3-7-13-12)8-14-10-5-2-6-11(10)15/h3-4,7,10-11,14-15H,2,5-6,8H2,1H3. The molecule has 1 aromatic rings. The van der Waals surface area contributed by atoms with E-state index in [1.807, 2.05) is 12.1 Å². The molecule has 1 heterocycles. The van der Waals surface area contributed by atoms with E-state index in [2.05, 4.69) is 10.3 Å². The molecule has 1 aliphatic carbocycles. The Morgan fingerprint density at radius 1 is 1.56 bits per heavy atom. The highest BCUT2D eigenvalue weighted by Gasteiger charge is 2.24. The van der Waals surface area contributed by atoms with Gasteiger partial charge in [0.05, 0.1) is 13.2 Å². The van der Waals surface area contributed by atoms with E-state index >= 15 is 0 Å². The van der Waals surface area contributed by atoms with E-state index in [9.17, 15) is 5.11 Å². The molecule has 2 rings (SSSR count). The summed E-state index contributed by atoms with van der Waals surface area (Å²) < 4.78 is 5.17. The van der Waals surface area contributed by atoms with Crippen molar-refractivity contribution in [3.05, 3.63) is 23.9 Å². The summed E-state index contributed by atoms with van der Waals surface area (Å²) in [4.78, 5) is 4.14. The number of nitrogens with zero attached hydrogens (tertiary/aromatic N) is 1. The molecule has 4 nitrogen and oxygen atoms in total. The number of methoxy groups -OCH3 is 1. The Balaban J connectivity index is 1.93. The molecule has 2 unspecified atom stereocenters. The molecule has 0 bridgehead atoms. The summed E-state index contributed by atoms with van der Waals surface area (Å²) in [6.07, 6.45) is 4.56. The first-order valence-corrected chi connectivity index (χ1v) is 5.70. The third-order valence-corrected chi connectivity index (χ3v) is 3.08. The summed E-state index contributed by atoms with van der Waals surface area (Å²) in [5, 5.41) is 13.0. The number of aliphatic hydroxyl groups excluding tert-OH is 1. The predicted octanol–water partition coefficient (Wildman–Crippen LogP) is 1.09. The van der Waals surface area contributed by atoms with Crippen LogP contribution in [0.3, 0.4) is 0 Å². The van der Waals surface area contributed by atoms with Crippen LogP contribution in [0.4, 0.5) is 0 Å². The molecule has 1 aliphatic rings. The zero-order chi connectivity index (χ0) is 11.4. The van der Waals surface area contributed by atoms with Gasteiger partial charge in [0.2, 0.25) is 5.88 Å². The van der Waals surface area contributed by atoms with Crippen LogP contribution in [0, 0.1) is 0 Å². The van der Waals surface area contributed by atoms with Crippen molar-refractivity contribution in [2.45, 2.75) is 38.0 Å². The molecule has 1 aromatic heterocycles. The van der Waals surface area contributed by atoms with Gasteiger partial charge in [0.15, 0.2) is 0 Å². The Kier molecular flexibility index (Phi) is 3.74. The average Bonchev–Trinajstić information content (AvgIpc) is 2.72. The largest absolute Gasteiger partial charge is 0.481 e. The number of nitrogens with one attached hydrogen (secondary N) is 1. The first-order valence-electron chi connectivity index (χ1n) is 5.70. The van der Waals surface area contributed by atoms with Gasteiger partial charge in [0.1, 0.15) is 0 Å². The van der Waals surface area contributed by atoms with Crippen LogP contribution in [0.1, 0.15) is 24.8 Å². The second-order valence-electron chi connectivity index (χ2n) is 4.16. The van der Waals surface area contributed by atoms with Gasteiger partial charge >= 0.3 is 0 Å². The van der Waals surface area contributed by atoms with Crippen LogP contribution in [-0.2, 0) is 6.54 Å². The fourth-order valence-electron chi connectivity index (χ4n) is 2.16. The second kappa shape index (κ2) is 5.27. The molecule has 0 radical (unpaired) electrons. The first kappa shape index (κ1) is 11.4. The Morgan fingerprint density at radius 2 is 2.44 bits per heavy atom. The van der Waals surface area contributed by atoms with Gasteiger partial charge in [0, 0.05) is 24.3 Å². The van der Waals surface area contributed by atoms with Crippen LogP contribution < -0.4 is 10.1 Å². The van der Waals surface area contributed by atoms with E-state index in [-0.39, 0.29) is 12.1 Å². The molecule has 0 spiro atoms. The molecule has 0 aliphatic heterocycles. The van der Waals surface area contributed by atoms with E-state index < -0.39 is 0 Å². The summed E-state index contributed by atoms with van der Waals surface area (Å²) in [5.41, 5.74) is 1.03. The maximum Gasteiger partial charge on any atom is 0.217 e. The van der Waals surface area contributed by atoms with Gasteiger partial charge in [-0.2, -0.15) is 0 Å². The minimum atomic E-state index is -0.206. The summed E-state index contributed by atoms with van der Waals surface area (Å²) in [6.45, 7) is 0.693. The second-order valence-corrected chi connectivity index (χ2v) is 4.16. The lowest BCUT2D eigenvalue weighted by Gasteiger charge is -2.17. The lowest BCUT2D eigenvalue weighted by molar-refractivity contribution is 0.148. The normalized spacial score (nSPS) is 24.6. The lowest BCUT2D eigenvalue weighted by atomic mass is 10.2. The van der Waals surface area contributed by atoms with Gasteiger partial charge in [0.25, 0.3) is 0 Å². The highest BCUT2D eigenvalue weighted by molar-refractivity contribution is 5.25. The van der Waals surface area contributed by atoms with Crippen LogP contribution in [0.5, 0.6) is 5.88 Å². The van der Waals surface area contributed by atoms with Crippen molar-refractivity contribution in [3.63, 3.8) is 0 Å². The predicted molar refractivity (Wildman–Crippen MR) is 61.3 cm³/mol. The van der Waals surface area contributed by atoms with Crippen molar-refractivity contribution >= 4 is 0 Å². The van der Waals surface area contributed by atoms with Crippen LogP contribution in [0.25, 0.3) is 0 Å². The summed E-state index contributed by atoms with van der Waals surface area (Å²) in [7, 11) is 1.62. The Morgan fingerprint density at radius 3 is 3.12 bits per heavy atom.